The van der Waals surface area contributed by atoms with E-state index in [-0.39, 0.29) is 17.4 Å². The molecule has 0 aliphatic carbocycles. The molecule has 0 heterocycles. The molecule has 0 radical (unpaired) electrons. The first-order chi connectivity index (χ1) is 6.61. The number of carbonyl (C=O) groups is 1. The summed E-state index contributed by atoms with van der Waals surface area (Å²) in [6.07, 6.45) is 1.25. The van der Waals surface area contributed by atoms with Crippen molar-refractivity contribution in [2.24, 2.45) is 5.10 Å². The maximum atomic E-state index is 10.4. The van der Waals surface area contributed by atoms with E-state index in [4.69, 9.17) is 5.11 Å². The third kappa shape index (κ3) is 2.48. The highest BCUT2D eigenvalue weighted by atomic mass is 16.3. The second-order valence-corrected chi connectivity index (χ2v) is 2.64. The van der Waals surface area contributed by atoms with Gasteiger partial charge in [0.15, 0.2) is 11.5 Å². The summed E-state index contributed by atoms with van der Waals surface area (Å²) in [6, 6.07) is 4.47. The van der Waals surface area contributed by atoms with E-state index in [1.54, 1.807) is 12.1 Å². The van der Waals surface area contributed by atoms with Crippen LogP contribution in [0.3, 0.4) is 0 Å². The van der Waals surface area contributed by atoms with Gasteiger partial charge in [0, 0.05) is 12.5 Å². The number of carbonyl (C=O) groups excluding carboxylic acids is 1. The number of aromatic hydroxyl groups is 2. The molecule has 0 bridgehead atoms. The second-order valence-electron chi connectivity index (χ2n) is 2.64. The van der Waals surface area contributed by atoms with Crippen LogP contribution in [0, 0.1) is 0 Å². The van der Waals surface area contributed by atoms with Gasteiger partial charge in [0.05, 0.1) is 6.21 Å². The van der Waals surface area contributed by atoms with E-state index < -0.39 is 0 Å². The van der Waals surface area contributed by atoms with Gasteiger partial charge in [-0.1, -0.05) is 6.07 Å². The van der Waals surface area contributed by atoms with Crippen molar-refractivity contribution in [1.29, 1.82) is 0 Å². The highest BCUT2D eigenvalue weighted by Crippen LogP contribution is 2.26. The van der Waals surface area contributed by atoms with E-state index in [1.165, 1.54) is 19.2 Å². The molecule has 0 aromatic heterocycles. The van der Waals surface area contributed by atoms with Crippen LogP contribution in [-0.2, 0) is 4.79 Å². The fourth-order valence-electron chi connectivity index (χ4n) is 0.846. The van der Waals surface area contributed by atoms with Crippen LogP contribution in [0.1, 0.15) is 12.5 Å². The van der Waals surface area contributed by atoms with Crippen LogP contribution in [-0.4, -0.2) is 22.3 Å². The molecule has 0 atom stereocenters. The topological polar surface area (TPSA) is 81.9 Å². The van der Waals surface area contributed by atoms with E-state index in [0.717, 1.165) is 0 Å². The minimum Gasteiger partial charge on any atom is -0.504 e. The predicted molar refractivity (Wildman–Crippen MR) is 51.2 cm³/mol. The molecule has 3 N–H and O–H groups in total. The van der Waals surface area contributed by atoms with Gasteiger partial charge >= 0.3 is 0 Å². The Morgan fingerprint density at radius 2 is 2.21 bits per heavy atom. The molecule has 1 amide bonds. The van der Waals surface area contributed by atoms with Gasteiger partial charge in [-0.25, -0.2) is 5.43 Å². The average molecular weight is 194 g/mol. The Morgan fingerprint density at radius 3 is 2.86 bits per heavy atom. The number of benzene rings is 1. The molecular formula is C9H10N2O3. The smallest absolute Gasteiger partial charge is 0.236 e. The number of phenolic OH excluding ortho intramolecular Hbond substituents is 2. The van der Waals surface area contributed by atoms with Crippen molar-refractivity contribution in [2.75, 3.05) is 0 Å². The van der Waals surface area contributed by atoms with Gasteiger partial charge in [0.25, 0.3) is 0 Å². The van der Waals surface area contributed by atoms with Crippen LogP contribution in [0.5, 0.6) is 11.5 Å². The fraction of sp³-hybridized carbons (Fsp3) is 0.111. The molecule has 0 fully saturated rings. The highest BCUT2D eigenvalue weighted by Gasteiger charge is 2.02. The number of hydrazone groups is 1. The van der Waals surface area contributed by atoms with Crippen LogP contribution in [0.25, 0.3) is 0 Å². The standard InChI is InChI=1S/C9H10N2O3/c1-6(12)11-10-5-7-3-2-4-8(13)9(7)14/h2-5,13-14H,1H3,(H,11,12). The van der Waals surface area contributed by atoms with Crippen LogP contribution in [0.4, 0.5) is 0 Å². The van der Waals surface area contributed by atoms with Crippen molar-refractivity contribution in [3.8, 4) is 11.5 Å². The lowest BCUT2D eigenvalue weighted by Gasteiger charge is -1.99. The minimum atomic E-state index is -0.305. The lowest BCUT2D eigenvalue weighted by atomic mass is 10.2. The number of rotatable bonds is 2. The molecule has 1 aromatic carbocycles. The van der Waals surface area contributed by atoms with Crippen LogP contribution < -0.4 is 5.43 Å². The number of nitrogens with zero attached hydrogens (tertiary/aromatic N) is 1. The summed E-state index contributed by atoms with van der Waals surface area (Å²) in [7, 11) is 0. The van der Waals surface area contributed by atoms with E-state index in [9.17, 15) is 9.90 Å². The van der Waals surface area contributed by atoms with Gasteiger partial charge in [0.1, 0.15) is 0 Å². The minimum absolute atomic E-state index is 0.225. The first kappa shape index (κ1) is 10.0. The van der Waals surface area contributed by atoms with Gasteiger partial charge < -0.3 is 10.2 Å². The average Bonchev–Trinajstić information content (AvgIpc) is 2.12. The van der Waals surface area contributed by atoms with Crippen LogP contribution in [0.15, 0.2) is 23.3 Å². The zero-order chi connectivity index (χ0) is 10.6. The van der Waals surface area contributed by atoms with Crippen molar-refractivity contribution in [1.82, 2.24) is 5.43 Å². The number of nitrogens with one attached hydrogen (secondary N) is 1. The lowest BCUT2D eigenvalue weighted by Crippen LogP contribution is -2.12. The Bertz CT molecular complexity index is 374. The van der Waals surface area contributed by atoms with E-state index in [1.807, 2.05) is 0 Å². The Balaban J connectivity index is 2.81. The zero-order valence-corrected chi connectivity index (χ0v) is 7.56. The Kier molecular flexibility index (Phi) is 3.06. The number of hydrogen-bond donors (Lipinski definition) is 3. The molecule has 0 aliphatic rings. The summed E-state index contributed by atoms with van der Waals surface area (Å²) < 4.78 is 0. The Morgan fingerprint density at radius 1 is 1.50 bits per heavy atom. The molecule has 1 aromatic rings. The second kappa shape index (κ2) is 4.27. The molecular weight excluding hydrogens is 184 g/mol. The van der Waals surface area contributed by atoms with Crippen molar-refractivity contribution in [3.63, 3.8) is 0 Å². The monoisotopic (exact) mass is 194 g/mol. The number of amides is 1. The summed E-state index contributed by atoms with van der Waals surface area (Å²) >= 11 is 0. The van der Waals surface area contributed by atoms with Crippen LogP contribution in [0.2, 0.25) is 0 Å². The molecule has 14 heavy (non-hydrogen) atoms. The van der Waals surface area contributed by atoms with Gasteiger partial charge in [0.2, 0.25) is 5.91 Å². The summed E-state index contributed by atoms with van der Waals surface area (Å²) in [4.78, 5) is 10.4. The van der Waals surface area contributed by atoms with Crippen molar-refractivity contribution < 1.29 is 15.0 Å². The summed E-state index contributed by atoms with van der Waals surface area (Å²) in [5.41, 5.74) is 2.51. The SMILES string of the molecule is CC(=O)NN=Cc1cccc(O)c1O. The number of para-hydroxylation sites is 1. The number of hydrogen-bond acceptors (Lipinski definition) is 4. The molecule has 0 aliphatic heterocycles. The molecule has 74 valence electrons. The molecule has 1 rings (SSSR count). The molecule has 0 saturated carbocycles. The largest absolute Gasteiger partial charge is 0.504 e. The third-order valence-electron chi connectivity index (χ3n) is 1.47. The first-order valence-corrected chi connectivity index (χ1v) is 3.92. The fourth-order valence-corrected chi connectivity index (χ4v) is 0.846. The molecule has 5 nitrogen and oxygen atoms in total. The summed E-state index contributed by atoms with van der Waals surface area (Å²) in [6.45, 7) is 1.32. The van der Waals surface area contributed by atoms with E-state index in [2.05, 4.69) is 10.5 Å². The zero-order valence-electron chi connectivity index (χ0n) is 7.56. The Labute approximate surface area is 80.7 Å². The lowest BCUT2D eigenvalue weighted by molar-refractivity contribution is -0.118. The van der Waals surface area contributed by atoms with Gasteiger partial charge in [-0.3, -0.25) is 4.79 Å². The highest BCUT2D eigenvalue weighted by molar-refractivity contribution is 5.85. The molecule has 0 unspecified atom stereocenters. The Hall–Kier alpha value is -2.04. The quantitative estimate of drug-likeness (QED) is 0.365. The summed E-state index contributed by atoms with van der Waals surface area (Å²) in [5.74, 6) is -0.792. The van der Waals surface area contributed by atoms with Gasteiger partial charge in [-0.2, -0.15) is 5.10 Å². The molecule has 5 heteroatoms. The normalized spacial score (nSPS) is 10.4. The van der Waals surface area contributed by atoms with Crippen LogP contribution >= 0.6 is 0 Å². The predicted octanol–water partition coefficient (Wildman–Crippen LogP) is 0.568. The van der Waals surface area contributed by atoms with Crippen molar-refractivity contribution in [2.45, 2.75) is 6.92 Å². The summed E-state index contributed by atoms with van der Waals surface area (Å²) in [5, 5.41) is 22.0. The maximum absolute atomic E-state index is 10.4. The van der Waals surface area contributed by atoms with Gasteiger partial charge in [-0.05, 0) is 12.1 Å². The number of phenols is 2. The van der Waals surface area contributed by atoms with Crippen molar-refractivity contribution >= 4 is 12.1 Å². The first-order valence-electron chi connectivity index (χ1n) is 3.92. The molecule has 0 saturated heterocycles. The molecule has 0 spiro atoms. The van der Waals surface area contributed by atoms with Gasteiger partial charge in [-0.15, -0.1) is 0 Å². The van der Waals surface area contributed by atoms with Crippen molar-refractivity contribution in [3.05, 3.63) is 23.8 Å². The maximum Gasteiger partial charge on any atom is 0.236 e. The van der Waals surface area contributed by atoms with E-state index in [0.29, 0.717) is 5.56 Å². The third-order valence-corrected chi connectivity index (χ3v) is 1.47. The van der Waals surface area contributed by atoms with E-state index >= 15 is 0 Å².